The predicted octanol–water partition coefficient (Wildman–Crippen LogP) is 6.28. The second-order valence-corrected chi connectivity index (χ2v) is 8.25. The molecule has 3 aromatic carbocycles. The van der Waals surface area contributed by atoms with Gasteiger partial charge >= 0.3 is 0 Å². The Morgan fingerprint density at radius 1 is 0.879 bits per heavy atom. The van der Waals surface area contributed by atoms with Crippen LogP contribution >= 0.6 is 23.2 Å². The van der Waals surface area contributed by atoms with E-state index in [0.29, 0.717) is 44.2 Å². The maximum atomic E-state index is 13.6. The van der Waals surface area contributed by atoms with Gasteiger partial charge in [-0.25, -0.2) is 9.88 Å². The standard InChI is InChI=1S/C26H16Cl2N2O3/c1-33-19-10-11-23-15(13-19)12-16(24(28)29-23)14-22-20-4-2-3-5-21(20)25(31)30(26(22)32)18-8-6-17(27)7-9-18/h2-14H,1H3/b22-14-. The fraction of sp³-hybridized carbons (Fsp3) is 0.0385. The highest BCUT2D eigenvalue weighted by Gasteiger charge is 2.35. The van der Waals surface area contributed by atoms with Crippen LogP contribution in [0.25, 0.3) is 22.6 Å². The lowest BCUT2D eigenvalue weighted by atomic mass is 9.91. The molecule has 5 rings (SSSR count). The summed E-state index contributed by atoms with van der Waals surface area (Å²) in [6.07, 6.45) is 1.67. The minimum Gasteiger partial charge on any atom is -0.497 e. The van der Waals surface area contributed by atoms with Gasteiger partial charge in [-0.15, -0.1) is 0 Å². The summed E-state index contributed by atoms with van der Waals surface area (Å²) < 4.78 is 5.31. The second-order valence-electron chi connectivity index (χ2n) is 7.45. The Morgan fingerprint density at radius 2 is 1.61 bits per heavy atom. The average molecular weight is 475 g/mol. The van der Waals surface area contributed by atoms with Crippen LogP contribution in [0.2, 0.25) is 10.2 Å². The third kappa shape index (κ3) is 3.75. The van der Waals surface area contributed by atoms with Crippen LogP contribution in [-0.4, -0.2) is 23.9 Å². The maximum Gasteiger partial charge on any atom is 0.265 e. The number of ether oxygens (including phenoxy) is 1. The number of aromatic nitrogens is 1. The molecule has 0 spiro atoms. The summed E-state index contributed by atoms with van der Waals surface area (Å²) in [5, 5.41) is 1.57. The number of pyridine rings is 1. The molecule has 1 aromatic heterocycles. The van der Waals surface area contributed by atoms with E-state index in [-0.39, 0.29) is 5.15 Å². The van der Waals surface area contributed by atoms with Gasteiger partial charge in [0, 0.05) is 27.1 Å². The first kappa shape index (κ1) is 21.2. The lowest BCUT2D eigenvalue weighted by Gasteiger charge is -2.28. The quantitative estimate of drug-likeness (QED) is 0.199. The molecule has 0 fully saturated rings. The summed E-state index contributed by atoms with van der Waals surface area (Å²) in [5.74, 6) is -0.172. The smallest absolute Gasteiger partial charge is 0.265 e. The second kappa shape index (κ2) is 8.35. The van der Waals surface area contributed by atoms with Gasteiger partial charge in [0.2, 0.25) is 0 Å². The number of hydrogen-bond acceptors (Lipinski definition) is 4. The lowest BCUT2D eigenvalue weighted by Crippen LogP contribution is -2.41. The summed E-state index contributed by atoms with van der Waals surface area (Å²) in [6.45, 7) is 0. The number of amides is 2. The van der Waals surface area contributed by atoms with Gasteiger partial charge in [0.05, 0.1) is 18.3 Å². The van der Waals surface area contributed by atoms with E-state index >= 15 is 0 Å². The number of benzene rings is 3. The zero-order valence-electron chi connectivity index (χ0n) is 17.4. The molecular weight excluding hydrogens is 459 g/mol. The molecule has 0 unspecified atom stereocenters. The molecule has 0 aliphatic carbocycles. The van der Waals surface area contributed by atoms with E-state index in [1.165, 1.54) is 0 Å². The number of carbonyl (C=O) groups is 2. The van der Waals surface area contributed by atoms with Gasteiger partial charge in [0.25, 0.3) is 11.8 Å². The number of methoxy groups -OCH3 is 1. The van der Waals surface area contributed by atoms with Crippen LogP contribution in [0.3, 0.4) is 0 Å². The third-order valence-corrected chi connectivity index (χ3v) is 6.03. The Hall–Kier alpha value is -3.67. The summed E-state index contributed by atoms with van der Waals surface area (Å²) in [7, 11) is 1.59. The van der Waals surface area contributed by atoms with Crippen molar-refractivity contribution < 1.29 is 14.3 Å². The van der Waals surface area contributed by atoms with E-state index in [4.69, 9.17) is 27.9 Å². The van der Waals surface area contributed by atoms with E-state index < -0.39 is 11.8 Å². The maximum absolute atomic E-state index is 13.6. The Morgan fingerprint density at radius 3 is 2.33 bits per heavy atom. The zero-order chi connectivity index (χ0) is 23.1. The van der Waals surface area contributed by atoms with E-state index in [9.17, 15) is 9.59 Å². The largest absolute Gasteiger partial charge is 0.497 e. The molecule has 0 atom stereocenters. The van der Waals surface area contributed by atoms with Crippen LogP contribution in [0.4, 0.5) is 5.69 Å². The molecule has 0 N–H and O–H groups in total. The molecule has 0 radical (unpaired) electrons. The summed E-state index contributed by atoms with van der Waals surface area (Å²) in [6, 6.07) is 20.9. The fourth-order valence-electron chi connectivity index (χ4n) is 3.85. The number of anilines is 1. The van der Waals surface area contributed by atoms with Crippen molar-refractivity contribution in [2.45, 2.75) is 0 Å². The highest BCUT2D eigenvalue weighted by atomic mass is 35.5. The van der Waals surface area contributed by atoms with Crippen LogP contribution in [0.5, 0.6) is 5.75 Å². The monoisotopic (exact) mass is 474 g/mol. The SMILES string of the molecule is COc1ccc2nc(Cl)c(/C=C3\C(=O)N(c4ccc(Cl)cc4)C(=O)c4ccccc43)cc2c1. The molecule has 0 saturated carbocycles. The van der Waals surface area contributed by atoms with Gasteiger partial charge in [-0.2, -0.15) is 0 Å². The van der Waals surface area contributed by atoms with Crippen molar-refractivity contribution in [1.29, 1.82) is 0 Å². The van der Waals surface area contributed by atoms with Crippen molar-refractivity contribution in [2.24, 2.45) is 0 Å². The number of halogens is 2. The molecule has 2 amide bonds. The van der Waals surface area contributed by atoms with Crippen molar-refractivity contribution in [3.63, 3.8) is 0 Å². The van der Waals surface area contributed by atoms with E-state index in [2.05, 4.69) is 4.98 Å². The van der Waals surface area contributed by atoms with Crippen LogP contribution in [0, 0.1) is 0 Å². The minimum absolute atomic E-state index is 0.250. The van der Waals surface area contributed by atoms with Gasteiger partial charge in [0.15, 0.2) is 0 Å². The first-order valence-corrected chi connectivity index (χ1v) is 10.8. The molecule has 4 aromatic rings. The van der Waals surface area contributed by atoms with Gasteiger partial charge in [-0.05, 0) is 66.2 Å². The van der Waals surface area contributed by atoms with Crippen LogP contribution < -0.4 is 9.64 Å². The number of fused-ring (bicyclic) bond motifs is 2. The van der Waals surface area contributed by atoms with Crippen LogP contribution in [-0.2, 0) is 4.79 Å². The molecule has 7 heteroatoms. The Labute approximate surface area is 199 Å². The van der Waals surface area contributed by atoms with Crippen molar-refractivity contribution in [3.05, 3.63) is 99.7 Å². The predicted molar refractivity (Wildman–Crippen MR) is 131 cm³/mol. The minimum atomic E-state index is -0.456. The lowest BCUT2D eigenvalue weighted by molar-refractivity contribution is -0.112. The molecule has 2 heterocycles. The van der Waals surface area contributed by atoms with E-state index in [1.807, 2.05) is 18.2 Å². The fourth-order valence-corrected chi connectivity index (χ4v) is 4.17. The number of rotatable bonds is 3. The van der Waals surface area contributed by atoms with Gasteiger partial charge < -0.3 is 4.74 Å². The molecule has 1 aliphatic heterocycles. The van der Waals surface area contributed by atoms with Gasteiger partial charge in [-0.3, -0.25) is 9.59 Å². The molecule has 0 bridgehead atoms. The molecular formula is C26H16Cl2N2O3. The van der Waals surface area contributed by atoms with Crippen molar-refractivity contribution in [3.8, 4) is 5.75 Å². The topological polar surface area (TPSA) is 59.5 Å². The molecule has 33 heavy (non-hydrogen) atoms. The number of imide groups is 1. The Bertz CT molecular complexity index is 1460. The average Bonchev–Trinajstić information content (AvgIpc) is 2.83. The zero-order valence-corrected chi connectivity index (χ0v) is 18.9. The van der Waals surface area contributed by atoms with E-state index in [1.54, 1.807) is 67.8 Å². The summed E-state index contributed by atoms with van der Waals surface area (Å²) in [4.78, 5) is 32.4. The van der Waals surface area contributed by atoms with Crippen molar-refractivity contribution in [2.75, 3.05) is 12.0 Å². The molecule has 5 nitrogen and oxygen atoms in total. The van der Waals surface area contributed by atoms with Crippen molar-refractivity contribution in [1.82, 2.24) is 4.98 Å². The first-order valence-electron chi connectivity index (χ1n) is 10.1. The summed E-state index contributed by atoms with van der Waals surface area (Å²) in [5.41, 5.74) is 3.00. The number of hydrogen-bond donors (Lipinski definition) is 0. The molecule has 162 valence electrons. The van der Waals surface area contributed by atoms with Gasteiger partial charge in [0.1, 0.15) is 10.9 Å². The number of carbonyl (C=O) groups excluding carboxylic acids is 2. The summed E-state index contributed by atoms with van der Waals surface area (Å²) >= 11 is 12.5. The first-order chi connectivity index (χ1) is 16.0. The molecule has 1 aliphatic rings. The van der Waals surface area contributed by atoms with Gasteiger partial charge in [-0.1, -0.05) is 41.4 Å². The Kier molecular flexibility index (Phi) is 5.36. The highest BCUT2D eigenvalue weighted by Crippen LogP contribution is 2.35. The van der Waals surface area contributed by atoms with E-state index in [0.717, 1.165) is 10.3 Å². The third-order valence-electron chi connectivity index (χ3n) is 5.47. The highest BCUT2D eigenvalue weighted by molar-refractivity contribution is 6.43. The van der Waals surface area contributed by atoms with Crippen LogP contribution in [0.1, 0.15) is 21.5 Å². The van der Waals surface area contributed by atoms with Crippen LogP contribution in [0.15, 0.2) is 72.8 Å². The normalized spacial score (nSPS) is 14.6. The Balaban J connectivity index is 1.70. The van der Waals surface area contributed by atoms with Crippen molar-refractivity contribution >= 4 is 63.3 Å². The number of nitrogens with zero attached hydrogens (tertiary/aromatic N) is 2. The molecule has 0 saturated heterocycles.